The maximum absolute atomic E-state index is 11.0. The van der Waals surface area contributed by atoms with Gasteiger partial charge in [-0.15, -0.1) is 0 Å². The molecule has 0 aliphatic rings. The number of aromatic nitrogens is 1. The van der Waals surface area contributed by atoms with Crippen molar-refractivity contribution in [2.45, 2.75) is 53.7 Å². The molecule has 0 bridgehead atoms. The van der Waals surface area contributed by atoms with Crippen LogP contribution in [-0.4, -0.2) is 15.6 Å². The lowest BCUT2D eigenvalue weighted by Gasteiger charge is -2.20. The van der Waals surface area contributed by atoms with Crippen LogP contribution in [-0.2, 0) is 19.6 Å². The number of hydrogen-bond donors (Lipinski definition) is 1. The third kappa shape index (κ3) is 4.56. The highest BCUT2D eigenvalue weighted by Gasteiger charge is 2.16. The molecule has 3 rings (SSSR count). The average molecular weight is 380 g/mol. The Bertz CT molecular complexity index is 962. The monoisotopic (exact) mass is 379 g/mol. The Hall–Kier alpha value is -2.75. The van der Waals surface area contributed by atoms with Crippen molar-refractivity contribution in [3.05, 3.63) is 65.4 Å². The third-order valence-electron chi connectivity index (χ3n) is 4.76. The lowest BCUT2D eigenvalue weighted by molar-refractivity contribution is 0.0697. The van der Waals surface area contributed by atoms with Crippen LogP contribution >= 0.6 is 0 Å². The van der Waals surface area contributed by atoms with Gasteiger partial charge in [0.1, 0.15) is 12.4 Å². The summed E-state index contributed by atoms with van der Waals surface area (Å²) in [6.45, 7) is 10.3. The number of rotatable bonds is 7. The van der Waals surface area contributed by atoms with Gasteiger partial charge in [0, 0.05) is 29.2 Å². The maximum atomic E-state index is 11.0. The lowest BCUT2D eigenvalue weighted by Crippen LogP contribution is -2.14. The molecular weight excluding hydrogens is 350 g/mol. The number of hydrogen-bond acceptors (Lipinski definition) is 2. The minimum absolute atomic E-state index is 0.216. The van der Waals surface area contributed by atoms with Gasteiger partial charge in [-0.25, -0.2) is 4.79 Å². The zero-order valence-corrected chi connectivity index (χ0v) is 17.2. The van der Waals surface area contributed by atoms with E-state index >= 15 is 0 Å². The highest BCUT2D eigenvalue weighted by Crippen LogP contribution is 2.32. The van der Waals surface area contributed by atoms with Gasteiger partial charge >= 0.3 is 5.97 Å². The Labute approximate surface area is 166 Å². The summed E-state index contributed by atoms with van der Waals surface area (Å²) >= 11 is 0. The molecule has 1 N–H and O–H groups in total. The predicted octanol–water partition coefficient (Wildman–Crippen LogP) is 5.92. The molecule has 2 aromatic carbocycles. The number of ether oxygens (including phenoxy) is 1. The van der Waals surface area contributed by atoms with Crippen LogP contribution < -0.4 is 4.74 Å². The van der Waals surface area contributed by atoms with Crippen molar-refractivity contribution in [2.24, 2.45) is 5.41 Å². The number of nitrogens with zero attached hydrogens (tertiary/aromatic N) is 1. The minimum Gasteiger partial charge on any atom is -0.489 e. The van der Waals surface area contributed by atoms with Crippen molar-refractivity contribution in [2.75, 3.05) is 0 Å². The molecule has 1 aromatic heterocycles. The van der Waals surface area contributed by atoms with E-state index in [1.165, 1.54) is 16.5 Å². The average Bonchev–Trinajstić information content (AvgIpc) is 3.03. The Morgan fingerprint density at radius 3 is 2.39 bits per heavy atom. The van der Waals surface area contributed by atoms with Crippen LogP contribution in [0.4, 0.5) is 0 Å². The van der Waals surface area contributed by atoms with E-state index in [9.17, 15) is 4.79 Å². The molecule has 0 atom stereocenters. The first-order chi connectivity index (χ1) is 13.3. The summed E-state index contributed by atoms with van der Waals surface area (Å²) in [6, 6.07) is 13.2. The molecule has 1 heterocycles. The van der Waals surface area contributed by atoms with E-state index < -0.39 is 5.97 Å². The standard InChI is InChI=1S/C24H29NO3/c1-5-6-20-19-13-14-25(16-24(2,3)4)21(19)11-12-22(20)28-15-17-7-9-18(10-8-17)23(26)27/h7-14H,5-6,15-16H2,1-4H3,(H,26,27). The highest BCUT2D eigenvalue weighted by molar-refractivity contribution is 5.87. The number of aromatic carboxylic acids is 1. The normalized spacial score (nSPS) is 11.7. The quantitative estimate of drug-likeness (QED) is 0.554. The van der Waals surface area contributed by atoms with Crippen molar-refractivity contribution >= 4 is 16.9 Å². The van der Waals surface area contributed by atoms with Crippen LogP contribution in [0.2, 0.25) is 0 Å². The van der Waals surface area contributed by atoms with Gasteiger partial charge in [-0.2, -0.15) is 0 Å². The van der Waals surface area contributed by atoms with Gasteiger partial charge in [-0.3, -0.25) is 0 Å². The summed E-state index contributed by atoms with van der Waals surface area (Å²) in [5.74, 6) is -0.00640. The Morgan fingerprint density at radius 1 is 1.07 bits per heavy atom. The molecule has 4 nitrogen and oxygen atoms in total. The van der Waals surface area contributed by atoms with E-state index in [1.807, 2.05) is 0 Å². The maximum Gasteiger partial charge on any atom is 0.335 e. The van der Waals surface area contributed by atoms with E-state index in [0.29, 0.717) is 6.61 Å². The summed E-state index contributed by atoms with van der Waals surface area (Å²) in [7, 11) is 0. The summed E-state index contributed by atoms with van der Waals surface area (Å²) in [6.07, 6.45) is 4.18. The Morgan fingerprint density at radius 2 is 1.79 bits per heavy atom. The molecule has 0 aliphatic carbocycles. The summed E-state index contributed by atoms with van der Waals surface area (Å²) in [5, 5.41) is 10.3. The molecule has 0 saturated carbocycles. The van der Waals surface area contributed by atoms with E-state index in [0.717, 1.165) is 30.7 Å². The first-order valence-corrected chi connectivity index (χ1v) is 9.84. The number of fused-ring (bicyclic) bond motifs is 1. The smallest absolute Gasteiger partial charge is 0.335 e. The van der Waals surface area contributed by atoms with Crippen LogP contribution in [0.15, 0.2) is 48.7 Å². The first kappa shape index (κ1) is 20.0. The zero-order valence-electron chi connectivity index (χ0n) is 17.2. The van der Waals surface area contributed by atoms with Gasteiger partial charge in [0.25, 0.3) is 0 Å². The molecular formula is C24H29NO3. The third-order valence-corrected chi connectivity index (χ3v) is 4.76. The van der Waals surface area contributed by atoms with Gasteiger partial charge in [0.15, 0.2) is 0 Å². The highest BCUT2D eigenvalue weighted by atomic mass is 16.5. The molecule has 0 amide bonds. The molecule has 0 saturated heterocycles. The second-order valence-electron chi connectivity index (χ2n) is 8.52. The number of benzene rings is 2. The van der Waals surface area contributed by atoms with E-state index in [2.05, 4.69) is 56.7 Å². The van der Waals surface area contributed by atoms with Gasteiger partial charge in [0.05, 0.1) is 5.56 Å². The molecule has 4 heteroatoms. The van der Waals surface area contributed by atoms with Crippen LogP contribution in [0, 0.1) is 5.41 Å². The summed E-state index contributed by atoms with van der Waals surface area (Å²) < 4.78 is 8.46. The largest absolute Gasteiger partial charge is 0.489 e. The Balaban J connectivity index is 1.86. The topological polar surface area (TPSA) is 51.5 Å². The fourth-order valence-corrected chi connectivity index (χ4v) is 3.51. The SMILES string of the molecule is CCCc1c(OCc2ccc(C(=O)O)cc2)ccc2c1ccn2CC(C)(C)C. The molecule has 148 valence electrons. The van der Waals surface area contributed by atoms with Crippen molar-refractivity contribution in [3.63, 3.8) is 0 Å². The fraction of sp³-hybridized carbons (Fsp3) is 0.375. The minimum atomic E-state index is -0.914. The number of carbonyl (C=O) groups is 1. The van der Waals surface area contributed by atoms with Gasteiger partial charge in [0.2, 0.25) is 0 Å². The number of carboxylic acid groups (broad SMARTS) is 1. The van der Waals surface area contributed by atoms with Crippen molar-refractivity contribution in [3.8, 4) is 5.75 Å². The summed E-state index contributed by atoms with van der Waals surface area (Å²) in [4.78, 5) is 11.0. The van der Waals surface area contributed by atoms with Crippen LogP contribution in [0.3, 0.4) is 0 Å². The van der Waals surface area contributed by atoms with E-state index in [4.69, 9.17) is 9.84 Å². The molecule has 3 aromatic rings. The van der Waals surface area contributed by atoms with Crippen molar-refractivity contribution in [1.29, 1.82) is 0 Å². The lowest BCUT2D eigenvalue weighted by atomic mass is 9.97. The van der Waals surface area contributed by atoms with Crippen LogP contribution in [0.1, 0.15) is 55.6 Å². The predicted molar refractivity (Wildman–Crippen MR) is 113 cm³/mol. The molecule has 0 aliphatic heterocycles. The number of aryl methyl sites for hydroxylation is 1. The number of carboxylic acids is 1. The summed E-state index contributed by atoms with van der Waals surface area (Å²) in [5.41, 5.74) is 3.95. The van der Waals surface area contributed by atoms with Crippen LogP contribution in [0.25, 0.3) is 10.9 Å². The zero-order chi connectivity index (χ0) is 20.3. The molecule has 0 radical (unpaired) electrons. The van der Waals surface area contributed by atoms with Gasteiger partial charge in [-0.05, 0) is 47.7 Å². The fourth-order valence-electron chi connectivity index (χ4n) is 3.51. The molecule has 0 spiro atoms. The van der Waals surface area contributed by atoms with E-state index in [1.54, 1.807) is 24.3 Å². The Kier molecular flexibility index (Phi) is 5.78. The van der Waals surface area contributed by atoms with Crippen molar-refractivity contribution in [1.82, 2.24) is 4.57 Å². The van der Waals surface area contributed by atoms with Crippen molar-refractivity contribution < 1.29 is 14.6 Å². The molecule has 0 fully saturated rings. The second kappa shape index (κ2) is 8.09. The van der Waals surface area contributed by atoms with E-state index in [-0.39, 0.29) is 11.0 Å². The first-order valence-electron chi connectivity index (χ1n) is 9.84. The second-order valence-corrected chi connectivity index (χ2v) is 8.52. The molecule has 0 unspecified atom stereocenters. The van der Waals surface area contributed by atoms with Gasteiger partial charge < -0.3 is 14.4 Å². The van der Waals surface area contributed by atoms with Gasteiger partial charge in [-0.1, -0.05) is 46.2 Å². The molecule has 28 heavy (non-hydrogen) atoms. The van der Waals surface area contributed by atoms with Crippen LogP contribution in [0.5, 0.6) is 5.75 Å².